The summed E-state index contributed by atoms with van der Waals surface area (Å²) in [6.45, 7) is 3.11. The fraction of sp³-hybridized carbons (Fsp3) is 0.316. The van der Waals surface area contributed by atoms with E-state index in [0.717, 1.165) is 24.5 Å². The highest BCUT2D eigenvalue weighted by Crippen LogP contribution is 2.33. The summed E-state index contributed by atoms with van der Waals surface area (Å²) in [5, 5.41) is 0. The molecule has 4 rings (SSSR count). The number of hydrogen-bond acceptors (Lipinski definition) is 5. The second-order valence-electron chi connectivity index (χ2n) is 6.02. The number of carbonyl (C=O) groups is 1. The summed E-state index contributed by atoms with van der Waals surface area (Å²) in [6, 6.07) is 13.3. The van der Waals surface area contributed by atoms with Crippen LogP contribution in [0.4, 0.5) is 5.69 Å². The van der Waals surface area contributed by atoms with Crippen LogP contribution in [0.2, 0.25) is 0 Å². The molecular weight excluding hydrogens is 320 g/mol. The van der Waals surface area contributed by atoms with E-state index in [2.05, 4.69) is 4.90 Å². The summed E-state index contributed by atoms with van der Waals surface area (Å²) in [6.07, 6.45) is 0. The largest absolute Gasteiger partial charge is 0.495 e. The van der Waals surface area contributed by atoms with E-state index < -0.39 is 0 Å². The van der Waals surface area contributed by atoms with Gasteiger partial charge in [-0.1, -0.05) is 12.1 Å². The molecule has 2 heterocycles. The van der Waals surface area contributed by atoms with Crippen LogP contribution in [-0.2, 0) is 0 Å². The minimum atomic E-state index is 0.0259. The van der Waals surface area contributed by atoms with Crippen molar-refractivity contribution in [1.29, 1.82) is 0 Å². The van der Waals surface area contributed by atoms with Crippen LogP contribution in [0.1, 0.15) is 10.4 Å². The third kappa shape index (κ3) is 2.95. The second kappa shape index (κ2) is 6.55. The Bertz CT molecular complexity index is 785. The lowest BCUT2D eigenvalue weighted by Crippen LogP contribution is -2.48. The Morgan fingerprint density at radius 3 is 2.56 bits per heavy atom. The zero-order valence-corrected chi connectivity index (χ0v) is 14.1. The maximum atomic E-state index is 12.8. The van der Waals surface area contributed by atoms with Crippen molar-refractivity contribution in [3.8, 4) is 17.2 Å². The number of hydrogen-bond donors (Lipinski definition) is 0. The number of amides is 1. The highest BCUT2D eigenvalue weighted by atomic mass is 16.7. The maximum absolute atomic E-state index is 12.8. The molecule has 0 radical (unpaired) electrons. The number of benzene rings is 2. The van der Waals surface area contributed by atoms with E-state index in [0.29, 0.717) is 30.2 Å². The van der Waals surface area contributed by atoms with Crippen LogP contribution in [-0.4, -0.2) is 50.9 Å². The number of carbonyl (C=O) groups excluding carboxylic acids is 1. The Kier molecular flexibility index (Phi) is 4.09. The van der Waals surface area contributed by atoms with Crippen molar-refractivity contribution in [2.45, 2.75) is 0 Å². The van der Waals surface area contributed by atoms with E-state index in [1.54, 1.807) is 25.3 Å². The number of para-hydroxylation sites is 2. The third-order valence-electron chi connectivity index (χ3n) is 4.61. The molecule has 2 aliphatic heterocycles. The molecule has 2 aromatic carbocycles. The summed E-state index contributed by atoms with van der Waals surface area (Å²) in [7, 11) is 1.68. The van der Waals surface area contributed by atoms with Gasteiger partial charge in [-0.25, -0.2) is 0 Å². The van der Waals surface area contributed by atoms with Gasteiger partial charge in [0.1, 0.15) is 5.75 Å². The van der Waals surface area contributed by atoms with Gasteiger partial charge in [-0.15, -0.1) is 0 Å². The molecule has 0 N–H and O–H groups in total. The van der Waals surface area contributed by atoms with Gasteiger partial charge in [-0.3, -0.25) is 4.79 Å². The first-order valence-electron chi connectivity index (χ1n) is 8.33. The van der Waals surface area contributed by atoms with Crippen LogP contribution in [0.15, 0.2) is 42.5 Å². The van der Waals surface area contributed by atoms with Crippen LogP contribution >= 0.6 is 0 Å². The number of nitrogens with zero attached hydrogens (tertiary/aromatic N) is 2. The number of ether oxygens (including phenoxy) is 3. The molecule has 2 aromatic rings. The molecule has 2 aliphatic rings. The number of piperazine rings is 1. The molecule has 0 saturated carbocycles. The van der Waals surface area contributed by atoms with Crippen LogP contribution < -0.4 is 19.1 Å². The lowest BCUT2D eigenvalue weighted by Gasteiger charge is -2.36. The predicted octanol–water partition coefficient (Wildman–Crippen LogP) is 2.39. The molecule has 0 unspecified atom stereocenters. The molecule has 0 aliphatic carbocycles. The van der Waals surface area contributed by atoms with Crippen molar-refractivity contribution in [3.63, 3.8) is 0 Å². The zero-order valence-electron chi connectivity index (χ0n) is 14.1. The van der Waals surface area contributed by atoms with Crippen LogP contribution in [0.5, 0.6) is 17.2 Å². The molecule has 25 heavy (non-hydrogen) atoms. The fourth-order valence-electron chi connectivity index (χ4n) is 3.25. The lowest BCUT2D eigenvalue weighted by atomic mass is 10.1. The van der Waals surface area contributed by atoms with Gasteiger partial charge in [0.2, 0.25) is 6.79 Å². The van der Waals surface area contributed by atoms with Crippen molar-refractivity contribution < 1.29 is 19.0 Å². The monoisotopic (exact) mass is 340 g/mol. The van der Waals surface area contributed by atoms with Gasteiger partial charge < -0.3 is 24.0 Å². The molecule has 0 aromatic heterocycles. The molecule has 0 atom stereocenters. The van der Waals surface area contributed by atoms with E-state index in [4.69, 9.17) is 14.2 Å². The van der Waals surface area contributed by atoms with Gasteiger partial charge >= 0.3 is 0 Å². The van der Waals surface area contributed by atoms with Gasteiger partial charge in [0.15, 0.2) is 11.5 Å². The van der Waals surface area contributed by atoms with E-state index in [9.17, 15) is 4.79 Å². The number of methoxy groups -OCH3 is 1. The molecule has 1 amide bonds. The smallest absolute Gasteiger partial charge is 0.254 e. The van der Waals surface area contributed by atoms with Crippen molar-refractivity contribution in [1.82, 2.24) is 4.90 Å². The van der Waals surface area contributed by atoms with Crippen molar-refractivity contribution in [2.24, 2.45) is 0 Å². The Morgan fingerprint density at radius 2 is 1.76 bits per heavy atom. The molecular formula is C19H20N2O4. The molecule has 130 valence electrons. The van der Waals surface area contributed by atoms with Gasteiger partial charge in [-0.2, -0.15) is 0 Å². The van der Waals surface area contributed by atoms with Crippen LogP contribution in [0, 0.1) is 0 Å². The minimum absolute atomic E-state index is 0.0259. The van der Waals surface area contributed by atoms with Gasteiger partial charge in [0.05, 0.1) is 12.8 Å². The fourth-order valence-corrected chi connectivity index (χ4v) is 3.25. The molecule has 0 bridgehead atoms. The quantitative estimate of drug-likeness (QED) is 0.859. The van der Waals surface area contributed by atoms with Gasteiger partial charge in [-0.05, 0) is 30.3 Å². The summed E-state index contributed by atoms with van der Waals surface area (Å²) in [5.41, 5.74) is 1.70. The summed E-state index contributed by atoms with van der Waals surface area (Å²) in [5.74, 6) is 2.21. The van der Waals surface area contributed by atoms with E-state index in [1.165, 1.54) is 0 Å². The lowest BCUT2D eigenvalue weighted by molar-refractivity contribution is 0.0746. The maximum Gasteiger partial charge on any atom is 0.254 e. The van der Waals surface area contributed by atoms with Crippen molar-refractivity contribution >= 4 is 11.6 Å². The van der Waals surface area contributed by atoms with Crippen LogP contribution in [0.3, 0.4) is 0 Å². The highest BCUT2D eigenvalue weighted by Gasteiger charge is 2.25. The van der Waals surface area contributed by atoms with E-state index in [-0.39, 0.29) is 12.7 Å². The van der Waals surface area contributed by atoms with E-state index >= 15 is 0 Å². The van der Waals surface area contributed by atoms with E-state index in [1.807, 2.05) is 29.2 Å². The topological polar surface area (TPSA) is 51.2 Å². The molecule has 1 saturated heterocycles. The molecule has 0 spiro atoms. The Labute approximate surface area is 146 Å². The van der Waals surface area contributed by atoms with Crippen LogP contribution in [0.25, 0.3) is 0 Å². The normalized spacial score (nSPS) is 16.0. The first-order valence-corrected chi connectivity index (χ1v) is 8.33. The number of anilines is 1. The SMILES string of the molecule is COc1ccccc1N1CCN(C(=O)c2ccc3c(c2)OCO3)CC1. The third-order valence-corrected chi connectivity index (χ3v) is 4.61. The highest BCUT2D eigenvalue weighted by molar-refractivity contribution is 5.95. The molecule has 6 heteroatoms. The van der Waals surface area contributed by atoms with Crippen molar-refractivity contribution in [3.05, 3.63) is 48.0 Å². The van der Waals surface area contributed by atoms with Gasteiger partial charge in [0.25, 0.3) is 5.91 Å². The number of rotatable bonds is 3. The predicted molar refractivity (Wildman–Crippen MR) is 93.7 cm³/mol. The molecule has 1 fully saturated rings. The van der Waals surface area contributed by atoms with Crippen molar-refractivity contribution in [2.75, 3.05) is 45.0 Å². The first kappa shape index (κ1) is 15.6. The average Bonchev–Trinajstić information content (AvgIpc) is 3.15. The van der Waals surface area contributed by atoms with Gasteiger partial charge in [0, 0.05) is 31.7 Å². The zero-order chi connectivity index (χ0) is 17.2. The molecule has 6 nitrogen and oxygen atoms in total. The number of fused-ring (bicyclic) bond motifs is 1. The summed E-state index contributed by atoms with van der Waals surface area (Å²) >= 11 is 0. The Balaban J connectivity index is 1.44. The second-order valence-corrected chi connectivity index (χ2v) is 6.02. The summed E-state index contributed by atoms with van der Waals surface area (Å²) < 4.78 is 16.1. The Hall–Kier alpha value is -2.89. The first-order chi connectivity index (χ1) is 12.3. The minimum Gasteiger partial charge on any atom is -0.495 e. The average molecular weight is 340 g/mol. The standard InChI is InChI=1S/C19H20N2O4/c1-23-16-5-3-2-4-15(16)20-8-10-21(11-9-20)19(22)14-6-7-17-18(12-14)25-13-24-17/h2-7,12H,8-11,13H2,1H3. The Morgan fingerprint density at radius 1 is 1.00 bits per heavy atom. The summed E-state index contributed by atoms with van der Waals surface area (Å²) in [4.78, 5) is 16.9.